The summed E-state index contributed by atoms with van der Waals surface area (Å²) < 4.78 is 7.32. The highest BCUT2D eigenvalue weighted by Crippen LogP contribution is 2.40. The van der Waals surface area contributed by atoms with Crippen LogP contribution in [-0.4, -0.2) is 22.1 Å². The molecular weight excluding hydrogens is 416 g/mol. The zero-order valence-electron chi connectivity index (χ0n) is 17.0. The molecule has 0 aliphatic heterocycles. The number of aromatic nitrogens is 2. The maximum absolute atomic E-state index is 12.1. The van der Waals surface area contributed by atoms with E-state index in [4.69, 9.17) is 16.3 Å². The highest BCUT2D eigenvalue weighted by molar-refractivity contribution is 7.99. The first-order valence-corrected chi connectivity index (χ1v) is 10.8. The molecule has 4 rings (SSSR count). The smallest absolute Gasteiger partial charge is 0.338 e. The number of benzene rings is 2. The average Bonchev–Trinajstić information content (AvgIpc) is 2.99. The highest BCUT2D eigenvalue weighted by Gasteiger charge is 2.18. The topological polar surface area (TPSA) is 44.1 Å². The fourth-order valence-corrected chi connectivity index (χ4v) is 4.76. The standard InChI is InChI=1S/C24H21ClN2O2S/c1-4-29-24(28)17-6-5-7-20(11-17)30-23-16(3)27(19-10-15(2)13-26-14-19)22-12-18(25)8-9-21(22)23/h5-14H,4H2,1-3H3. The number of carbonyl (C=O) groups excluding carboxylic acids is 1. The molecule has 0 spiro atoms. The Morgan fingerprint density at radius 2 is 1.97 bits per heavy atom. The van der Waals surface area contributed by atoms with Crippen LogP contribution in [0.3, 0.4) is 0 Å². The van der Waals surface area contributed by atoms with E-state index in [2.05, 4.69) is 22.5 Å². The monoisotopic (exact) mass is 436 g/mol. The number of fused-ring (bicyclic) bond motifs is 1. The maximum atomic E-state index is 12.1. The van der Waals surface area contributed by atoms with Crippen LogP contribution in [-0.2, 0) is 4.74 Å². The van der Waals surface area contributed by atoms with Gasteiger partial charge in [0, 0.05) is 32.1 Å². The van der Waals surface area contributed by atoms with Crippen molar-refractivity contribution in [1.82, 2.24) is 9.55 Å². The Labute approximate surface area is 184 Å². The van der Waals surface area contributed by atoms with Gasteiger partial charge in [0.2, 0.25) is 0 Å². The van der Waals surface area contributed by atoms with Crippen LogP contribution in [0, 0.1) is 13.8 Å². The Balaban J connectivity index is 1.84. The zero-order chi connectivity index (χ0) is 21.3. The van der Waals surface area contributed by atoms with Crippen molar-refractivity contribution < 1.29 is 9.53 Å². The van der Waals surface area contributed by atoms with E-state index in [1.54, 1.807) is 24.8 Å². The lowest BCUT2D eigenvalue weighted by Crippen LogP contribution is -2.04. The summed E-state index contributed by atoms with van der Waals surface area (Å²) in [6, 6.07) is 15.6. The van der Waals surface area contributed by atoms with E-state index in [0.717, 1.165) is 37.6 Å². The van der Waals surface area contributed by atoms with Crippen LogP contribution in [0.1, 0.15) is 28.5 Å². The predicted octanol–water partition coefficient (Wildman–Crippen LogP) is 6.62. The lowest BCUT2D eigenvalue weighted by molar-refractivity contribution is 0.0526. The van der Waals surface area contributed by atoms with Crippen LogP contribution in [0.15, 0.2) is 70.7 Å². The summed E-state index contributed by atoms with van der Waals surface area (Å²) in [6.07, 6.45) is 3.70. The average molecular weight is 437 g/mol. The molecule has 0 aliphatic carbocycles. The minimum atomic E-state index is -0.309. The molecule has 0 saturated carbocycles. The number of carbonyl (C=O) groups is 1. The summed E-state index contributed by atoms with van der Waals surface area (Å²) in [5, 5.41) is 1.78. The van der Waals surface area contributed by atoms with Gasteiger partial charge in [-0.05, 0) is 62.7 Å². The molecule has 0 amide bonds. The second-order valence-electron chi connectivity index (χ2n) is 6.98. The van der Waals surface area contributed by atoms with Gasteiger partial charge < -0.3 is 9.30 Å². The van der Waals surface area contributed by atoms with E-state index in [-0.39, 0.29) is 5.97 Å². The minimum absolute atomic E-state index is 0.309. The molecular formula is C24H21ClN2O2S. The largest absolute Gasteiger partial charge is 0.462 e. The summed E-state index contributed by atoms with van der Waals surface area (Å²) in [5.41, 5.74) is 4.75. The molecule has 4 nitrogen and oxygen atoms in total. The molecule has 2 aromatic carbocycles. The van der Waals surface area contributed by atoms with Crippen LogP contribution < -0.4 is 0 Å². The molecule has 0 atom stereocenters. The molecule has 30 heavy (non-hydrogen) atoms. The fourth-order valence-electron chi connectivity index (χ4n) is 3.50. The van der Waals surface area contributed by atoms with Gasteiger partial charge in [0.25, 0.3) is 0 Å². The van der Waals surface area contributed by atoms with E-state index in [1.165, 1.54) is 0 Å². The molecule has 0 N–H and O–H groups in total. The van der Waals surface area contributed by atoms with E-state index in [0.29, 0.717) is 17.2 Å². The van der Waals surface area contributed by atoms with Crippen LogP contribution in [0.2, 0.25) is 5.02 Å². The lowest BCUT2D eigenvalue weighted by atomic mass is 10.2. The van der Waals surface area contributed by atoms with Gasteiger partial charge in [-0.15, -0.1) is 0 Å². The first-order valence-electron chi connectivity index (χ1n) is 9.65. The third-order valence-electron chi connectivity index (χ3n) is 4.79. The third-order valence-corrected chi connectivity index (χ3v) is 6.24. The summed E-state index contributed by atoms with van der Waals surface area (Å²) in [6.45, 7) is 6.28. The van der Waals surface area contributed by atoms with Gasteiger partial charge in [-0.25, -0.2) is 4.79 Å². The Morgan fingerprint density at radius 1 is 1.13 bits per heavy atom. The molecule has 6 heteroatoms. The normalized spacial score (nSPS) is 11.1. The third kappa shape index (κ3) is 3.95. The van der Waals surface area contributed by atoms with Crippen molar-refractivity contribution in [3.8, 4) is 5.69 Å². The summed E-state index contributed by atoms with van der Waals surface area (Å²) in [4.78, 5) is 18.6. The molecule has 152 valence electrons. The van der Waals surface area contributed by atoms with Gasteiger partial charge in [-0.3, -0.25) is 4.98 Å². The second-order valence-corrected chi connectivity index (χ2v) is 8.50. The zero-order valence-corrected chi connectivity index (χ0v) is 18.6. The number of hydrogen-bond donors (Lipinski definition) is 0. The van der Waals surface area contributed by atoms with Crippen molar-refractivity contribution in [3.05, 3.63) is 82.8 Å². The van der Waals surface area contributed by atoms with Gasteiger partial charge >= 0.3 is 5.97 Å². The van der Waals surface area contributed by atoms with Crippen molar-refractivity contribution in [2.45, 2.75) is 30.6 Å². The van der Waals surface area contributed by atoms with Gasteiger partial charge in [-0.1, -0.05) is 35.5 Å². The first kappa shape index (κ1) is 20.5. The van der Waals surface area contributed by atoms with Crippen LogP contribution >= 0.6 is 23.4 Å². The van der Waals surface area contributed by atoms with Gasteiger partial charge in [0.15, 0.2) is 0 Å². The molecule has 4 aromatic rings. The number of esters is 1. The van der Waals surface area contributed by atoms with Crippen molar-refractivity contribution in [3.63, 3.8) is 0 Å². The number of ether oxygens (including phenoxy) is 1. The fraction of sp³-hybridized carbons (Fsp3) is 0.167. The molecule has 0 saturated heterocycles. The van der Waals surface area contributed by atoms with Crippen molar-refractivity contribution in [2.75, 3.05) is 6.61 Å². The van der Waals surface area contributed by atoms with Gasteiger partial charge in [0.05, 0.1) is 29.6 Å². The molecule has 2 heterocycles. The number of halogens is 1. The SMILES string of the molecule is CCOC(=O)c1cccc(Sc2c(C)n(-c3cncc(C)c3)c3cc(Cl)ccc23)c1. The number of hydrogen-bond acceptors (Lipinski definition) is 4. The Bertz CT molecular complexity index is 1250. The predicted molar refractivity (Wildman–Crippen MR) is 122 cm³/mol. The minimum Gasteiger partial charge on any atom is -0.462 e. The van der Waals surface area contributed by atoms with E-state index >= 15 is 0 Å². The number of nitrogens with zero attached hydrogens (tertiary/aromatic N) is 2. The van der Waals surface area contributed by atoms with E-state index < -0.39 is 0 Å². The number of aryl methyl sites for hydroxylation is 1. The molecule has 0 unspecified atom stereocenters. The van der Waals surface area contributed by atoms with Crippen molar-refractivity contribution in [1.29, 1.82) is 0 Å². The van der Waals surface area contributed by atoms with Crippen molar-refractivity contribution in [2.24, 2.45) is 0 Å². The Morgan fingerprint density at radius 3 is 2.73 bits per heavy atom. The summed E-state index contributed by atoms with van der Waals surface area (Å²) in [7, 11) is 0. The quantitative estimate of drug-likeness (QED) is 0.329. The second kappa shape index (κ2) is 8.54. The van der Waals surface area contributed by atoms with Gasteiger partial charge in [0.1, 0.15) is 0 Å². The van der Waals surface area contributed by atoms with E-state index in [1.807, 2.05) is 55.7 Å². The molecule has 0 bridgehead atoms. The summed E-state index contributed by atoms with van der Waals surface area (Å²) in [5.74, 6) is -0.309. The molecule has 2 aromatic heterocycles. The van der Waals surface area contributed by atoms with Crippen LogP contribution in [0.5, 0.6) is 0 Å². The van der Waals surface area contributed by atoms with Crippen molar-refractivity contribution >= 4 is 40.2 Å². The van der Waals surface area contributed by atoms with Crippen LogP contribution in [0.25, 0.3) is 16.6 Å². The molecule has 0 aliphatic rings. The van der Waals surface area contributed by atoms with Gasteiger partial charge in [-0.2, -0.15) is 0 Å². The lowest BCUT2D eigenvalue weighted by Gasteiger charge is -2.09. The maximum Gasteiger partial charge on any atom is 0.338 e. The number of pyridine rings is 1. The molecule has 0 fully saturated rings. The first-order chi connectivity index (χ1) is 14.5. The highest BCUT2D eigenvalue weighted by atomic mass is 35.5. The summed E-state index contributed by atoms with van der Waals surface area (Å²) >= 11 is 7.96. The van der Waals surface area contributed by atoms with E-state index in [9.17, 15) is 4.79 Å². The Kier molecular flexibility index (Phi) is 5.84. The molecule has 0 radical (unpaired) electrons. The Hall–Kier alpha value is -2.76. The van der Waals surface area contributed by atoms with Crippen LogP contribution in [0.4, 0.5) is 0 Å². The number of rotatable bonds is 5.